The zero-order chi connectivity index (χ0) is 14.5. The van der Waals surface area contributed by atoms with Crippen LogP contribution >= 0.6 is 11.3 Å². The van der Waals surface area contributed by atoms with Gasteiger partial charge in [0.15, 0.2) is 0 Å². The Kier molecular flexibility index (Phi) is 4.07. The van der Waals surface area contributed by atoms with E-state index in [1.54, 1.807) is 30.9 Å². The largest absolute Gasteiger partial charge is 0.461 e. The fourth-order valence-corrected chi connectivity index (χ4v) is 2.75. The number of nitrogens with zero attached hydrogens (tertiary/aromatic N) is 2. The van der Waals surface area contributed by atoms with Crippen LogP contribution in [0.15, 0.2) is 49.1 Å². The lowest BCUT2D eigenvalue weighted by Gasteiger charge is -2.01. The van der Waals surface area contributed by atoms with Gasteiger partial charge in [0.25, 0.3) is 0 Å². The summed E-state index contributed by atoms with van der Waals surface area (Å²) >= 11 is 1.41. The Hall–Kier alpha value is -2.47. The van der Waals surface area contributed by atoms with Gasteiger partial charge >= 0.3 is 5.97 Å². The Bertz CT molecular complexity index is 708. The van der Waals surface area contributed by atoms with E-state index in [9.17, 15) is 4.79 Å². The summed E-state index contributed by atoms with van der Waals surface area (Å²) in [6.45, 7) is 0.346. The third-order valence-electron chi connectivity index (χ3n) is 2.93. The van der Waals surface area contributed by atoms with Crippen molar-refractivity contribution in [2.75, 3.05) is 6.61 Å². The third kappa shape index (κ3) is 3.35. The van der Waals surface area contributed by atoms with Crippen LogP contribution in [0.25, 0.3) is 10.4 Å². The summed E-state index contributed by atoms with van der Waals surface area (Å²) < 4.78 is 5.26. The molecule has 0 spiro atoms. The molecule has 3 aromatic rings. The lowest BCUT2D eigenvalue weighted by molar-refractivity contribution is 0.0515. The van der Waals surface area contributed by atoms with Crippen LogP contribution in [0.5, 0.6) is 0 Å². The van der Waals surface area contributed by atoms with Crippen molar-refractivity contribution in [3.05, 3.63) is 59.5 Å². The Labute approximate surface area is 125 Å². The SMILES string of the molecule is O=C(OCCc1cn[nH]c1)c1ccc(-c2cccnc2)s1. The summed E-state index contributed by atoms with van der Waals surface area (Å²) in [4.78, 5) is 17.6. The van der Waals surface area contributed by atoms with Crippen molar-refractivity contribution in [3.63, 3.8) is 0 Å². The number of H-pyrrole nitrogens is 1. The normalized spacial score (nSPS) is 10.5. The lowest BCUT2D eigenvalue weighted by Crippen LogP contribution is -2.06. The highest BCUT2D eigenvalue weighted by molar-refractivity contribution is 7.17. The Morgan fingerprint density at radius 1 is 1.29 bits per heavy atom. The zero-order valence-corrected chi connectivity index (χ0v) is 12.0. The van der Waals surface area contributed by atoms with Crippen LogP contribution in [0.2, 0.25) is 0 Å². The predicted molar refractivity (Wildman–Crippen MR) is 80.1 cm³/mol. The monoisotopic (exact) mass is 299 g/mol. The molecule has 3 rings (SSSR count). The van der Waals surface area contributed by atoms with Gasteiger partial charge in [-0.1, -0.05) is 6.07 Å². The van der Waals surface area contributed by atoms with Gasteiger partial charge in [-0.3, -0.25) is 10.1 Å². The molecule has 0 amide bonds. The van der Waals surface area contributed by atoms with Gasteiger partial charge < -0.3 is 4.74 Å². The van der Waals surface area contributed by atoms with Crippen LogP contribution < -0.4 is 0 Å². The van der Waals surface area contributed by atoms with Gasteiger partial charge in [-0.2, -0.15) is 5.10 Å². The number of aromatic amines is 1. The Balaban J connectivity index is 1.59. The van der Waals surface area contributed by atoms with Gasteiger partial charge in [-0.05, 0) is 23.8 Å². The molecule has 1 N–H and O–H groups in total. The van der Waals surface area contributed by atoms with E-state index in [4.69, 9.17) is 4.74 Å². The summed E-state index contributed by atoms with van der Waals surface area (Å²) in [5, 5.41) is 6.57. The van der Waals surface area contributed by atoms with E-state index in [2.05, 4.69) is 15.2 Å². The highest BCUT2D eigenvalue weighted by atomic mass is 32.1. The van der Waals surface area contributed by atoms with Crippen molar-refractivity contribution in [1.82, 2.24) is 15.2 Å². The second-order valence-corrected chi connectivity index (χ2v) is 5.48. The zero-order valence-electron chi connectivity index (χ0n) is 11.2. The van der Waals surface area contributed by atoms with E-state index >= 15 is 0 Å². The highest BCUT2D eigenvalue weighted by Crippen LogP contribution is 2.27. The number of carbonyl (C=O) groups is 1. The predicted octanol–water partition coefficient (Wildman–Crippen LogP) is 2.93. The van der Waals surface area contributed by atoms with Crippen molar-refractivity contribution in [3.8, 4) is 10.4 Å². The number of hydrogen-bond acceptors (Lipinski definition) is 5. The molecule has 6 heteroatoms. The van der Waals surface area contributed by atoms with E-state index in [1.165, 1.54) is 11.3 Å². The molecular formula is C15H13N3O2S. The van der Waals surface area contributed by atoms with Gasteiger partial charge in [0.1, 0.15) is 4.88 Å². The summed E-state index contributed by atoms with van der Waals surface area (Å²) in [5.41, 5.74) is 2.02. The molecule has 0 bridgehead atoms. The average Bonchev–Trinajstić information content (AvgIpc) is 3.20. The molecule has 0 unspecified atom stereocenters. The fraction of sp³-hybridized carbons (Fsp3) is 0.133. The second kappa shape index (κ2) is 6.32. The van der Waals surface area contributed by atoms with Gasteiger partial charge in [0.2, 0.25) is 0 Å². The molecule has 0 atom stereocenters. The van der Waals surface area contributed by atoms with E-state index in [1.807, 2.05) is 18.2 Å². The molecule has 5 nitrogen and oxygen atoms in total. The Morgan fingerprint density at radius 3 is 3.00 bits per heavy atom. The van der Waals surface area contributed by atoms with Crippen LogP contribution in [-0.4, -0.2) is 27.8 Å². The quantitative estimate of drug-likeness (QED) is 0.735. The molecule has 0 aliphatic rings. The molecule has 0 fully saturated rings. The minimum Gasteiger partial charge on any atom is -0.461 e. The van der Waals surface area contributed by atoms with Crippen LogP contribution in [-0.2, 0) is 11.2 Å². The minimum absolute atomic E-state index is 0.293. The summed E-state index contributed by atoms with van der Waals surface area (Å²) in [6, 6.07) is 7.53. The maximum absolute atomic E-state index is 12.0. The number of carbonyl (C=O) groups excluding carboxylic acids is 1. The van der Waals surface area contributed by atoms with Crippen molar-refractivity contribution >= 4 is 17.3 Å². The molecule has 3 aromatic heterocycles. The van der Waals surface area contributed by atoms with Crippen LogP contribution in [0.4, 0.5) is 0 Å². The number of hydrogen-bond donors (Lipinski definition) is 1. The molecule has 106 valence electrons. The molecule has 0 aromatic carbocycles. The number of pyridine rings is 1. The third-order valence-corrected chi connectivity index (χ3v) is 4.05. The van der Waals surface area contributed by atoms with Gasteiger partial charge in [-0.25, -0.2) is 4.79 Å². The van der Waals surface area contributed by atoms with E-state index in [-0.39, 0.29) is 5.97 Å². The van der Waals surface area contributed by atoms with Gasteiger partial charge in [0.05, 0.1) is 12.8 Å². The number of ether oxygens (including phenoxy) is 1. The number of rotatable bonds is 5. The highest BCUT2D eigenvalue weighted by Gasteiger charge is 2.11. The lowest BCUT2D eigenvalue weighted by atomic mass is 10.2. The topological polar surface area (TPSA) is 67.9 Å². The van der Waals surface area contributed by atoms with Crippen molar-refractivity contribution < 1.29 is 9.53 Å². The first kappa shape index (κ1) is 13.5. The first-order valence-electron chi connectivity index (χ1n) is 6.48. The molecule has 21 heavy (non-hydrogen) atoms. The van der Waals surface area contributed by atoms with Crippen molar-refractivity contribution in [2.24, 2.45) is 0 Å². The molecule has 0 radical (unpaired) electrons. The maximum Gasteiger partial charge on any atom is 0.348 e. The van der Waals surface area contributed by atoms with Crippen molar-refractivity contribution in [2.45, 2.75) is 6.42 Å². The molecular weight excluding hydrogens is 286 g/mol. The van der Waals surface area contributed by atoms with Crippen molar-refractivity contribution in [1.29, 1.82) is 0 Å². The van der Waals surface area contributed by atoms with Gasteiger partial charge in [-0.15, -0.1) is 11.3 Å². The molecule has 0 aliphatic heterocycles. The Morgan fingerprint density at radius 2 is 2.24 bits per heavy atom. The summed E-state index contributed by atoms with van der Waals surface area (Å²) in [6.07, 6.45) is 7.67. The smallest absolute Gasteiger partial charge is 0.348 e. The van der Waals surface area contributed by atoms with E-state index in [0.717, 1.165) is 16.0 Å². The maximum atomic E-state index is 12.0. The molecule has 0 saturated heterocycles. The first-order valence-corrected chi connectivity index (χ1v) is 7.29. The number of esters is 1. The van der Waals surface area contributed by atoms with Gasteiger partial charge in [0, 0.05) is 35.5 Å². The average molecular weight is 299 g/mol. The van der Waals surface area contributed by atoms with Crippen LogP contribution in [0.1, 0.15) is 15.2 Å². The standard InChI is InChI=1S/C15H13N3O2S/c19-15(20-7-5-11-8-17-18-9-11)14-4-3-13(21-14)12-2-1-6-16-10-12/h1-4,6,8-10H,5,7H2,(H,17,18). The summed E-state index contributed by atoms with van der Waals surface area (Å²) in [5.74, 6) is -0.293. The number of nitrogens with one attached hydrogen (secondary N) is 1. The minimum atomic E-state index is -0.293. The fourth-order valence-electron chi connectivity index (χ4n) is 1.86. The second-order valence-electron chi connectivity index (χ2n) is 4.40. The molecule has 3 heterocycles. The molecule has 0 saturated carbocycles. The summed E-state index contributed by atoms with van der Waals surface area (Å²) in [7, 11) is 0. The van der Waals surface area contributed by atoms with Crippen LogP contribution in [0.3, 0.4) is 0 Å². The van der Waals surface area contributed by atoms with Crippen LogP contribution in [0, 0.1) is 0 Å². The van der Waals surface area contributed by atoms with E-state index < -0.39 is 0 Å². The first-order chi connectivity index (χ1) is 10.3. The van der Waals surface area contributed by atoms with E-state index in [0.29, 0.717) is 17.9 Å². The molecule has 0 aliphatic carbocycles. The number of thiophene rings is 1. The number of aromatic nitrogens is 3.